The van der Waals surface area contributed by atoms with Crippen LogP contribution in [0.5, 0.6) is 0 Å². The van der Waals surface area contributed by atoms with Gasteiger partial charge in [-0.15, -0.1) is 0 Å². The van der Waals surface area contributed by atoms with Gasteiger partial charge in [0.1, 0.15) is 6.10 Å². The summed E-state index contributed by atoms with van der Waals surface area (Å²) in [4.78, 5) is 12.3. The van der Waals surface area contributed by atoms with Gasteiger partial charge >= 0.3 is 6.03 Å². The lowest BCUT2D eigenvalue weighted by molar-refractivity contribution is 0.0957. The molecule has 23 heavy (non-hydrogen) atoms. The Hall–Kier alpha value is -1.30. The first kappa shape index (κ1) is 15.2. The summed E-state index contributed by atoms with van der Waals surface area (Å²) in [5.41, 5.74) is 1.04. The summed E-state index contributed by atoms with van der Waals surface area (Å²) in [7, 11) is 0. The normalized spacial score (nSPS) is 35.4. The first-order valence-corrected chi connectivity index (χ1v) is 8.66. The van der Waals surface area contributed by atoms with Gasteiger partial charge in [0.2, 0.25) is 0 Å². The van der Waals surface area contributed by atoms with Crippen molar-refractivity contribution in [2.75, 3.05) is 6.61 Å². The van der Waals surface area contributed by atoms with Crippen LogP contribution in [0.1, 0.15) is 37.4 Å². The zero-order valence-electron chi connectivity index (χ0n) is 12.8. The minimum Gasteiger partial charge on any atom is -0.373 e. The molecule has 2 amide bonds. The van der Waals surface area contributed by atoms with Crippen molar-refractivity contribution in [3.05, 3.63) is 34.9 Å². The predicted octanol–water partition coefficient (Wildman–Crippen LogP) is 2.79. The van der Waals surface area contributed by atoms with E-state index in [0.29, 0.717) is 17.7 Å². The molecule has 3 heterocycles. The lowest BCUT2D eigenvalue weighted by Crippen LogP contribution is -2.49. The number of hydrogen-bond donors (Lipinski definition) is 2. The number of ether oxygens (including phenoxy) is 2. The van der Waals surface area contributed by atoms with Crippen molar-refractivity contribution in [2.45, 2.75) is 56.1 Å². The van der Waals surface area contributed by atoms with Crippen LogP contribution in [-0.4, -0.2) is 36.9 Å². The van der Waals surface area contributed by atoms with E-state index in [0.717, 1.165) is 31.2 Å². The van der Waals surface area contributed by atoms with Crippen LogP contribution in [0.15, 0.2) is 24.3 Å². The first-order chi connectivity index (χ1) is 11.2. The highest BCUT2D eigenvalue weighted by molar-refractivity contribution is 6.30. The van der Waals surface area contributed by atoms with E-state index in [2.05, 4.69) is 10.6 Å². The third kappa shape index (κ3) is 3.18. The summed E-state index contributed by atoms with van der Waals surface area (Å²) < 4.78 is 11.6. The Balaban J connectivity index is 1.35. The molecule has 0 spiro atoms. The number of hydrogen-bond acceptors (Lipinski definition) is 3. The number of carbonyl (C=O) groups is 1. The highest BCUT2D eigenvalue weighted by atomic mass is 35.5. The smallest absolute Gasteiger partial charge is 0.315 e. The van der Waals surface area contributed by atoms with Gasteiger partial charge in [0.15, 0.2) is 0 Å². The Morgan fingerprint density at radius 1 is 1.09 bits per heavy atom. The van der Waals surface area contributed by atoms with Gasteiger partial charge in [0.25, 0.3) is 0 Å². The molecule has 3 aliphatic heterocycles. The van der Waals surface area contributed by atoms with Crippen LogP contribution in [0, 0.1) is 0 Å². The molecule has 0 aromatic heterocycles. The molecule has 5 atom stereocenters. The quantitative estimate of drug-likeness (QED) is 0.892. The Kier molecular flexibility index (Phi) is 4.18. The van der Waals surface area contributed by atoms with Crippen molar-refractivity contribution in [3.8, 4) is 0 Å². The zero-order valence-corrected chi connectivity index (χ0v) is 13.6. The number of urea groups is 1. The van der Waals surface area contributed by atoms with Gasteiger partial charge in [-0.3, -0.25) is 0 Å². The van der Waals surface area contributed by atoms with E-state index in [4.69, 9.17) is 21.1 Å². The maximum Gasteiger partial charge on any atom is 0.315 e. The van der Waals surface area contributed by atoms with Crippen LogP contribution in [-0.2, 0) is 9.47 Å². The summed E-state index contributed by atoms with van der Waals surface area (Å²) in [6.07, 6.45) is 4.33. The maximum atomic E-state index is 12.3. The molecule has 6 heteroatoms. The largest absolute Gasteiger partial charge is 0.373 e. The summed E-state index contributed by atoms with van der Waals surface area (Å²) in [5, 5.41) is 6.83. The fraction of sp³-hybridized carbons (Fsp3) is 0.588. The van der Waals surface area contributed by atoms with E-state index in [1.807, 2.05) is 24.3 Å². The van der Waals surface area contributed by atoms with Crippen molar-refractivity contribution in [2.24, 2.45) is 0 Å². The number of nitrogens with one attached hydrogen (secondary N) is 2. The minimum atomic E-state index is -0.124. The average Bonchev–Trinajstić information content (AvgIpc) is 3.25. The van der Waals surface area contributed by atoms with E-state index in [1.54, 1.807) is 0 Å². The molecule has 2 bridgehead atoms. The van der Waals surface area contributed by atoms with Crippen molar-refractivity contribution in [1.82, 2.24) is 10.6 Å². The molecule has 0 unspecified atom stereocenters. The molecule has 3 aliphatic rings. The van der Waals surface area contributed by atoms with Gasteiger partial charge in [0.05, 0.1) is 24.3 Å². The molecule has 2 N–H and O–H groups in total. The standard InChI is InChI=1S/C17H21ClN2O3/c18-11-3-1-10(2-4-11)16-13(7-8-22-16)19-17(21)20-14-9-12-5-6-15(14)23-12/h1-4,12-16H,5-9H2,(H2,19,20,21)/t12-,13-,14-,15-,16-/m1/s1. The number of carbonyl (C=O) groups excluding carboxylic acids is 1. The van der Waals surface area contributed by atoms with Gasteiger partial charge in [-0.25, -0.2) is 4.79 Å². The zero-order chi connectivity index (χ0) is 15.8. The number of amides is 2. The Morgan fingerprint density at radius 3 is 2.57 bits per heavy atom. The second-order valence-corrected chi connectivity index (χ2v) is 7.01. The molecule has 4 rings (SSSR count). The average molecular weight is 337 g/mol. The molecule has 1 aromatic rings. The number of fused-ring (bicyclic) bond motifs is 2. The van der Waals surface area contributed by atoms with Crippen molar-refractivity contribution in [1.29, 1.82) is 0 Å². The Labute approximate surface area is 140 Å². The summed E-state index contributed by atoms with van der Waals surface area (Å²) in [6, 6.07) is 7.61. The van der Waals surface area contributed by atoms with Gasteiger partial charge in [-0.1, -0.05) is 23.7 Å². The molecule has 124 valence electrons. The van der Waals surface area contributed by atoms with E-state index in [1.165, 1.54) is 0 Å². The lowest BCUT2D eigenvalue weighted by atomic mass is 9.96. The van der Waals surface area contributed by atoms with E-state index < -0.39 is 0 Å². The second kappa shape index (κ2) is 6.30. The number of halogens is 1. The second-order valence-electron chi connectivity index (χ2n) is 6.57. The highest BCUT2D eigenvalue weighted by Gasteiger charge is 2.42. The number of benzene rings is 1. The van der Waals surface area contributed by atoms with E-state index >= 15 is 0 Å². The third-order valence-electron chi connectivity index (χ3n) is 5.03. The SMILES string of the molecule is O=C(N[C@@H]1CCO[C@@H]1c1ccc(Cl)cc1)N[C@@H]1C[C@H]2CC[C@H]1O2. The topological polar surface area (TPSA) is 59.6 Å². The van der Waals surface area contributed by atoms with E-state index in [9.17, 15) is 4.79 Å². The van der Waals surface area contributed by atoms with Crippen LogP contribution < -0.4 is 10.6 Å². The van der Waals surface area contributed by atoms with Gasteiger partial charge in [-0.2, -0.15) is 0 Å². The lowest BCUT2D eigenvalue weighted by Gasteiger charge is -2.24. The van der Waals surface area contributed by atoms with E-state index in [-0.39, 0.29) is 30.3 Å². The van der Waals surface area contributed by atoms with Crippen molar-refractivity contribution in [3.63, 3.8) is 0 Å². The number of rotatable bonds is 3. The molecule has 3 saturated heterocycles. The van der Waals surface area contributed by atoms with Crippen LogP contribution in [0.25, 0.3) is 0 Å². The highest BCUT2D eigenvalue weighted by Crippen LogP contribution is 2.34. The van der Waals surface area contributed by atoms with Crippen LogP contribution in [0.3, 0.4) is 0 Å². The monoisotopic (exact) mass is 336 g/mol. The van der Waals surface area contributed by atoms with Crippen molar-refractivity contribution < 1.29 is 14.3 Å². The summed E-state index contributed by atoms with van der Waals surface area (Å²) >= 11 is 5.93. The molecular formula is C17H21ClN2O3. The third-order valence-corrected chi connectivity index (χ3v) is 5.28. The van der Waals surface area contributed by atoms with Crippen LogP contribution in [0.4, 0.5) is 4.79 Å². The van der Waals surface area contributed by atoms with Gasteiger partial charge < -0.3 is 20.1 Å². The van der Waals surface area contributed by atoms with Crippen LogP contribution >= 0.6 is 11.6 Å². The Bertz CT molecular complexity index is 580. The molecular weight excluding hydrogens is 316 g/mol. The van der Waals surface area contributed by atoms with Crippen molar-refractivity contribution >= 4 is 17.6 Å². The summed E-state index contributed by atoms with van der Waals surface area (Å²) in [5.74, 6) is 0. The van der Waals surface area contributed by atoms with Crippen LogP contribution in [0.2, 0.25) is 5.02 Å². The first-order valence-electron chi connectivity index (χ1n) is 8.28. The predicted molar refractivity (Wildman–Crippen MR) is 86.5 cm³/mol. The van der Waals surface area contributed by atoms with Gasteiger partial charge in [-0.05, 0) is 43.4 Å². The summed E-state index contributed by atoms with van der Waals surface area (Å²) in [6.45, 7) is 0.648. The Morgan fingerprint density at radius 2 is 1.87 bits per heavy atom. The molecule has 0 aliphatic carbocycles. The maximum absolute atomic E-state index is 12.3. The molecule has 0 saturated carbocycles. The van der Waals surface area contributed by atoms with Gasteiger partial charge in [0, 0.05) is 11.6 Å². The molecule has 0 radical (unpaired) electrons. The minimum absolute atomic E-state index is 0.0179. The fourth-order valence-corrected chi connectivity index (χ4v) is 4.01. The molecule has 5 nitrogen and oxygen atoms in total. The fourth-order valence-electron chi connectivity index (χ4n) is 3.89. The molecule has 1 aromatic carbocycles. The molecule has 3 fully saturated rings.